The molecule has 5 atom stereocenters. The molecule has 0 amide bonds. The molecule has 3 aliphatic carbocycles. The van der Waals surface area contributed by atoms with Crippen LogP contribution < -0.4 is 9.47 Å². The molecule has 2 nitrogen and oxygen atoms in total. The lowest BCUT2D eigenvalue weighted by molar-refractivity contribution is 0.0947. The van der Waals surface area contributed by atoms with Crippen molar-refractivity contribution in [2.45, 2.75) is 51.9 Å². The Labute approximate surface area is 185 Å². The predicted octanol–water partition coefficient (Wildman–Crippen LogP) is 7.26. The standard InChI is InChI=1S/C27H34F2O2/c1-3-18-5-10-23-16-22(12-11-21(23)15-18)20-8-6-19(7-9-20)17-31-25-14-13-24(30-4-2)26(28)27(25)29/h3,6-8,13-14,18,20-23H,1,4-5,9-12,15-17H2,2H3. The highest BCUT2D eigenvalue weighted by atomic mass is 19.2. The van der Waals surface area contributed by atoms with Gasteiger partial charge in [-0.15, -0.1) is 6.58 Å². The third kappa shape index (κ3) is 5.05. The molecule has 0 radical (unpaired) electrons. The molecule has 4 heteroatoms. The van der Waals surface area contributed by atoms with Crippen LogP contribution in [-0.4, -0.2) is 13.2 Å². The van der Waals surface area contributed by atoms with E-state index in [1.807, 2.05) is 0 Å². The number of rotatable bonds is 7. The summed E-state index contributed by atoms with van der Waals surface area (Å²) in [5, 5.41) is 0. The minimum atomic E-state index is -0.995. The normalized spacial score (nSPS) is 30.3. The van der Waals surface area contributed by atoms with E-state index in [1.165, 1.54) is 50.7 Å². The van der Waals surface area contributed by atoms with Crippen molar-refractivity contribution in [3.8, 4) is 11.5 Å². The van der Waals surface area contributed by atoms with Gasteiger partial charge in [0.2, 0.25) is 11.6 Å². The zero-order chi connectivity index (χ0) is 21.8. The van der Waals surface area contributed by atoms with Gasteiger partial charge in [-0.2, -0.15) is 8.78 Å². The van der Waals surface area contributed by atoms with Gasteiger partial charge in [-0.1, -0.05) is 24.3 Å². The number of allylic oxidation sites excluding steroid dienone is 3. The molecule has 0 aromatic heterocycles. The minimum absolute atomic E-state index is 0.0779. The van der Waals surface area contributed by atoms with Crippen LogP contribution in [0.5, 0.6) is 11.5 Å². The Balaban J connectivity index is 1.28. The Morgan fingerprint density at radius 3 is 2.32 bits per heavy atom. The third-order valence-corrected chi connectivity index (χ3v) is 7.55. The summed E-state index contributed by atoms with van der Waals surface area (Å²) in [5.74, 6) is 1.70. The van der Waals surface area contributed by atoms with Crippen LogP contribution in [0.15, 0.2) is 48.6 Å². The van der Waals surface area contributed by atoms with Gasteiger partial charge in [-0.25, -0.2) is 0 Å². The minimum Gasteiger partial charge on any atom is -0.491 e. The van der Waals surface area contributed by atoms with Crippen molar-refractivity contribution >= 4 is 0 Å². The summed E-state index contributed by atoms with van der Waals surface area (Å²) in [5.41, 5.74) is 1.02. The average molecular weight is 429 g/mol. The Kier molecular flexibility index (Phi) is 7.14. The van der Waals surface area contributed by atoms with E-state index in [4.69, 9.17) is 9.47 Å². The van der Waals surface area contributed by atoms with Crippen LogP contribution in [0.3, 0.4) is 0 Å². The van der Waals surface area contributed by atoms with Crippen LogP contribution in [0, 0.1) is 41.2 Å². The highest BCUT2D eigenvalue weighted by Gasteiger charge is 2.36. The number of ether oxygens (including phenoxy) is 2. The predicted molar refractivity (Wildman–Crippen MR) is 120 cm³/mol. The van der Waals surface area contributed by atoms with Gasteiger partial charge in [0.05, 0.1) is 6.61 Å². The zero-order valence-electron chi connectivity index (χ0n) is 18.5. The van der Waals surface area contributed by atoms with Crippen molar-refractivity contribution in [1.82, 2.24) is 0 Å². The van der Waals surface area contributed by atoms with Gasteiger partial charge >= 0.3 is 0 Å². The second-order valence-corrected chi connectivity index (χ2v) is 9.35. The fourth-order valence-electron chi connectivity index (χ4n) is 5.76. The van der Waals surface area contributed by atoms with Crippen LogP contribution in [0.25, 0.3) is 0 Å². The molecule has 1 aromatic carbocycles. The van der Waals surface area contributed by atoms with E-state index in [2.05, 4.69) is 30.9 Å². The Morgan fingerprint density at radius 1 is 0.968 bits per heavy atom. The highest BCUT2D eigenvalue weighted by Crippen LogP contribution is 2.47. The number of halogens is 2. The van der Waals surface area contributed by atoms with Crippen molar-refractivity contribution in [3.63, 3.8) is 0 Å². The lowest BCUT2D eigenvalue weighted by Crippen LogP contribution is -2.33. The van der Waals surface area contributed by atoms with Crippen molar-refractivity contribution in [1.29, 1.82) is 0 Å². The maximum atomic E-state index is 14.2. The van der Waals surface area contributed by atoms with Crippen molar-refractivity contribution in [2.24, 2.45) is 29.6 Å². The number of benzene rings is 1. The molecule has 0 spiro atoms. The first-order chi connectivity index (χ1) is 15.1. The Morgan fingerprint density at radius 2 is 1.65 bits per heavy atom. The molecule has 5 unspecified atom stereocenters. The second-order valence-electron chi connectivity index (χ2n) is 9.35. The van der Waals surface area contributed by atoms with E-state index >= 15 is 0 Å². The third-order valence-electron chi connectivity index (χ3n) is 7.55. The maximum Gasteiger partial charge on any atom is 0.204 e. The van der Waals surface area contributed by atoms with Gasteiger partial charge in [-0.05, 0) is 99.2 Å². The van der Waals surface area contributed by atoms with Gasteiger partial charge in [0.25, 0.3) is 0 Å². The van der Waals surface area contributed by atoms with Gasteiger partial charge in [0, 0.05) is 0 Å². The summed E-state index contributed by atoms with van der Waals surface area (Å²) in [6.45, 7) is 6.26. The lowest BCUT2D eigenvalue weighted by Gasteiger charge is -2.43. The van der Waals surface area contributed by atoms with E-state index in [9.17, 15) is 8.78 Å². The van der Waals surface area contributed by atoms with E-state index < -0.39 is 11.6 Å². The number of hydrogen-bond donors (Lipinski definition) is 0. The lowest BCUT2D eigenvalue weighted by atomic mass is 9.62. The fraction of sp³-hybridized carbons (Fsp3) is 0.556. The molecule has 0 bridgehead atoms. The van der Waals surface area contributed by atoms with Crippen LogP contribution in [0.1, 0.15) is 51.9 Å². The smallest absolute Gasteiger partial charge is 0.204 e. The molecule has 3 aliphatic rings. The quantitative estimate of drug-likeness (QED) is 0.425. The van der Waals surface area contributed by atoms with E-state index in [0.717, 1.165) is 35.7 Å². The topological polar surface area (TPSA) is 18.5 Å². The first-order valence-electron chi connectivity index (χ1n) is 11.8. The summed E-state index contributed by atoms with van der Waals surface area (Å²) in [6, 6.07) is 2.84. The molecule has 2 saturated carbocycles. The van der Waals surface area contributed by atoms with E-state index in [1.54, 1.807) is 6.92 Å². The molecule has 0 N–H and O–H groups in total. The first-order valence-corrected chi connectivity index (χ1v) is 11.8. The van der Waals surface area contributed by atoms with Crippen LogP contribution in [-0.2, 0) is 0 Å². The molecule has 4 rings (SSSR count). The molecule has 1 aromatic rings. The molecule has 0 aliphatic heterocycles. The van der Waals surface area contributed by atoms with Crippen molar-refractivity contribution in [2.75, 3.05) is 13.2 Å². The SMILES string of the molecule is C=CC1CCC2CC(C3C=CC(COc4ccc(OCC)c(F)c4F)=CC3)CCC2C1. The monoisotopic (exact) mass is 428 g/mol. The van der Waals surface area contributed by atoms with Gasteiger partial charge in [0.1, 0.15) is 6.61 Å². The summed E-state index contributed by atoms with van der Waals surface area (Å²) >= 11 is 0. The van der Waals surface area contributed by atoms with Gasteiger partial charge < -0.3 is 9.47 Å². The van der Waals surface area contributed by atoms with Crippen molar-refractivity contribution < 1.29 is 18.3 Å². The van der Waals surface area contributed by atoms with Crippen LogP contribution in [0.2, 0.25) is 0 Å². The average Bonchev–Trinajstić information content (AvgIpc) is 2.81. The summed E-state index contributed by atoms with van der Waals surface area (Å²) in [7, 11) is 0. The van der Waals surface area contributed by atoms with Gasteiger partial charge in [0.15, 0.2) is 11.5 Å². The van der Waals surface area contributed by atoms with E-state index in [0.29, 0.717) is 5.92 Å². The highest BCUT2D eigenvalue weighted by molar-refractivity contribution is 5.36. The second kappa shape index (κ2) is 10.0. The van der Waals surface area contributed by atoms with Crippen LogP contribution >= 0.6 is 0 Å². The summed E-state index contributed by atoms with van der Waals surface area (Å²) in [4.78, 5) is 0. The van der Waals surface area contributed by atoms with Crippen LogP contribution in [0.4, 0.5) is 8.78 Å². The van der Waals surface area contributed by atoms with Gasteiger partial charge in [-0.3, -0.25) is 0 Å². The number of fused-ring (bicyclic) bond motifs is 1. The molecule has 0 heterocycles. The summed E-state index contributed by atoms with van der Waals surface area (Å²) in [6.07, 6.45) is 17.8. The molecule has 2 fully saturated rings. The molecular formula is C27H34F2O2. The molecular weight excluding hydrogens is 394 g/mol. The fourth-order valence-corrected chi connectivity index (χ4v) is 5.76. The first kappa shape index (κ1) is 22.1. The molecule has 168 valence electrons. The van der Waals surface area contributed by atoms with Crippen molar-refractivity contribution in [3.05, 3.63) is 60.2 Å². The largest absolute Gasteiger partial charge is 0.491 e. The summed E-state index contributed by atoms with van der Waals surface area (Å²) < 4.78 is 38.9. The maximum absolute atomic E-state index is 14.2. The van der Waals surface area contributed by atoms with E-state index in [-0.39, 0.29) is 24.7 Å². The Bertz CT molecular complexity index is 844. The number of hydrogen-bond acceptors (Lipinski definition) is 2. The molecule has 31 heavy (non-hydrogen) atoms. The molecule has 0 saturated heterocycles. The zero-order valence-corrected chi connectivity index (χ0v) is 18.5. The Hall–Kier alpha value is -2.10.